The standard InChI is InChI=1S/C27H37Cl2N3O4S/c1-6-16-30-27(34)24(7-2)31(18-21-22(28)12-9-13-23(21)29)26(33)15-10-17-32(37(5,35)36)25-14-8-11-19(3)20(25)4/h8-9,11-14,24H,6-7,10,15-18H2,1-5H3,(H,30,34)/t24-/m0/s1. The van der Waals surface area contributed by atoms with Gasteiger partial charge in [-0.2, -0.15) is 0 Å². The molecule has 10 heteroatoms. The Morgan fingerprint density at radius 1 is 1.03 bits per heavy atom. The summed E-state index contributed by atoms with van der Waals surface area (Å²) in [7, 11) is -3.57. The zero-order chi connectivity index (χ0) is 27.8. The van der Waals surface area contributed by atoms with Crippen LogP contribution in [-0.4, -0.2) is 50.5 Å². The molecule has 0 aliphatic rings. The fourth-order valence-electron chi connectivity index (χ4n) is 4.13. The Bertz CT molecular complexity index is 1180. The summed E-state index contributed by atoms with van der Waals surface area (Å²) in [5, 5.41) is 3.69. The van der Waals surface area contributed by atoms with E-state index in [-0.39, 0.29) is 37.7 Å². The highest BCUT2D eigenvalue weighted by molar-refractivity contribution is 7.92. The van der Waals surface area contributed by atoms with Crippen LogP contribution >= 0.6 is 23.2 Å². The van der Waals surface area contributed by atoms with Crippen molar-refractivity contribution in [2.75, 3.05) is 23.7 Å². The van der Waals surface area contributed by atoms with Gasteiger partial charge in [-0.3, -0.25) is 13.9 Å². The van der Waals surface area contributed by atoms with Crippen LogP contribution in [-0.2, 0) is 26.2 Å². The van der Waals surface area contributed by atoms with Crippen LogP contribution < -0.4 is 9.62 Å². The number of aryl methyl sites for hydroxylation is 1. The maximum Gasteiger partial charge on any atom is 0.242 e. The molecule has 2 aromatic carbocycles. The summed E-state index contributed by atoms with van der Waals surface area (Å²) < 4.78 is 26.6. The zero-order valence-corrected chi connectivity index (χ0v) is 24.5. The van der Waals surface area contributed by atoms with E-state index in [0.717, 1.165) is 23.8 Å². The molecule has 204 valence electrons. The molecule has 0 unspecified atom stereocenters. The van der Waals surface area contributed by atoms with Crippen molar-refractivity contribution >= 4 is 50.7 Å². The van der Waals surface area contributed by atoms with Gasteiger partial charge in [0, 0.05) is 41.7 Å². The average molecular weight is 571 g/mol. The highest BCUT2D eigenvalue weighted by atomic mass is 35.5. The molecule has 0 aliphatic carbocycles. The van der Waals surface area contributed by atoms with Crippen molar-refractivity contribution in [2.45, 2.75) is 66.0 Å². The molecule has 0 saturated heterocycles. The summed E-state index contributed by atoms with van der Waals surface area (Å²) in [5.74, 6) is -0.516. The number of hydrogen-bond acceptors (Lipinski definition) is 4. The Kier molecular flexibility index (Phi) is 11.7. The highest BCUT2D eigenvalue weighted by Gasteiger charge is 2.30. The minimum atomic E-state index is -3.57. The van der Waals surface area contributed by atoms with Gasteiger partial charge in [-0.1, -0.05) is 55.2 Å². The maximum absolute atomic E-state index is 13.5. The van der Waals surface area contributed by atoms with Crippen LogP contribution in [0.2, 0.25) is 10.0 Å². The van der Waals surface area contributed by atoms with Crippen molar-refractivity contribution in [3.8, 4) is 0 Å². The van der Waals surface area contributed by atoms with Gasteiger partial charge >= 0.3 is 0 Å². The van der Waals surface area contributed by atoms with Gasteiger partial charge in [0.2, 0.25) is 21.8 Å². The summed E-state index contributed by atoms with van der Waals surface area (Å²) in [6.45, 7) is 8.31. The van der Waals surface area contributed by atoms with Crippen molar-refractivity contribution in [1.82, 2.24) is 10.2 Å². The number of hydrogen-bond donors (Lipinski definition) is 1. The lowest BCUT2D eigenvalue weighted by atomic mass is 10.1. The Balaban J connectivity index is 2.29. The summed E-state index contributed by atoms with van der Waals surface area (Å²) >= 11 is 12.8. The number of sulfonamides is 1. The Morgan fingerprint density at radius 3 is 2.22 bits per heavy atom. The van der Waals surface area contributed by atoms with Crippen molar-refractivity contribution < 1.29 is 18.0 Å². The minimum Gasteiger partial charge on any atom is -0.354 e. The molecule has 7 nitrogen and oxygen atoms in total. The van der Waals surface area contributed by atoms with Crippen molar-refractivity contribution in [3.05, 3.63) is 63.1 Å². The first-order valence-corrected chi connectivity index (χ1v) is 15.1. The number of carbonyl (C=O) groups is 2. The van der Waals surface area contributed by atoms with Crippen LogP contribution in [0.3, 0.4) is 0 Å². The molecule has 0 saturated carbocycles. The molecule has 0 bridgehead atoms. The molecule has 0 aliphatic heterocycles. The SMILES string of the molecule is CCCNC(=O)[C@H](CC)N(Cc1c(Cl)cccc1Cl)C(=O)CCCN(c1cccc(C)c1C)S(C)(=O)=O. The molecule has 0 spiro atoms. The smallest absolute Gasteiger partial charge is 0.242 e. The van der Waals surface area contributed by atoms with Gasteiger partial charge in [0.1, 0.15) is 6.04 Å². The number of amides is 2. The van der Waals surface area contributed by atoms with Crippen LogP contribution in [0.4, 0.5) is 5.69 Å². The van der Waals surface area contributed by atoms with Gasteiger partial charge in [-0.15, -0.1) is 0 Å². The van der Waals surface area contributed by atoms with E-state index in [1.807, 2.05) is 39.8 Å². The molecule has 1 atom stereocenters. The number of benzene rings is 2. The van der Waals surface area contributed by atoms with Crippen molar-refractivity contribution in [3.63, 3.8) is 0 Å². The summed E-state index contributed by atoms with van der Waals surface area (Å²) in [6.07, 6.45) is 2.66. The number of anilines is 1. The number of carbonyl (C=O) groups excluding carboxylic acids is 2. The molecule has 37 heavy (non-hydrogen) atoms. The van der Waals surface area contributed by atoms with Gasteiger partial charge < -0.3 is 10.2 Å². The van der Waals surface area contributed by atoms with Gasteiger partial charge in [-0.25, -0.2) is 8.42 Å². The lowest BCUT2D eigenvalue weighted by Crippen LogP contribution is -2.49. The van der Waals surface area contributed by atoms with E-state index in [1.54, 1.807) is 24.3 Å². The Labute approximate surface area is 231 Å². The fourth-order valence-corrected chi connectivity index (χ4v) is 5.66. The maximum atomic E-state index is 13.5. The van der Waals surface area contributed by atoms with Crippen LogP contribution in [0.1, 0.15) is 56.2 Å². The predicted octanol–water partition coefficient (Wildman–Crippen LogP) is 5.49. The van der Waals surface area contributed by atoms with E-state index in [4.69, 9.17) is 23.2 Å². The van der Waals surface area contributed by atoms with Crippen LogP contribution in [0.5, 0.6) is 0 Å². The lowest BCUT2D eigenvalue weighted by Gasteiger charge is -2.31. The molecule has 0 heterocycles. The Hall–Kier alpha value is -2.29. The quantitative estimate of drug-likeness (QED) is 0.345. The topological polar surface area (TPSA) is 86.8 Å². The van der Waals surface area contributed by atoms with Crippen molar-refractivity contribution in [1.29, 1.82) is 0 Å². The van der Waals surface area contributed by atoms with E-state index >= 15 is 0 Å². The molecule has 2 aromatic rings. The van der Waals surface area contributed by atoms with E-state index in [2.05, 4.69) is 5.32 Å². The summed E-state index contributed by atoms with van der Waals surface area (Å²) in [6, 6.07) is 9.90. The second-order valence-corrected chi connectivity index (χ2v) is 11.8. The first kappa shape index (κ1) is 30.9. The average Bonchev–Trinajstić information content (AvgIpc) is 2.83. The zero-order valence-electron chi connectivity index (χ0n) is 22.2. The largest absolute Gasteiger partial charge is 0.354 e. The molecular formula is C27H37Cl2N3O4S. The second-order valence-electron chi connectivity index (χ2n) is 9.09. The third kappa shape index (κ3) is 8.35. The van der Waals surface area contributed by atoms with E-state index in [1.165, 1.54) is 9.21 Å². The number of nitrogens with zero attached hydrogens (tertiary/aromatic N) is 2. The molecule has 2 amide bonds. The van der Waals surface area contributed by atoms with Gasteiger partial charge in [0.25, 0.3) is 0 Å². The molecule has 0 fully saturated rings. The van der Waals surface area contributed by atoms with Gasteiger partial charge in [-0.05, 0) is 62.4 Å². The monoisotopic (exact) mass is 569 g/mol. The number of rotatable bonds is 13. The molecular weight excluding hydrogens is 533 g/mol. The lowest BCUT2D eigenvalue weighted by molar-refractivity contribution is -0.141. The number of nitrogens with one attached hydrogen (secondary N) is 1. The third-order valence-electron chi connectivity index (χ3n) is 6.32. The molecule has 1 N–H and O–H groups in total. The second kappa shape index (κ2) is 14.0. The number of halogens is 2. The minimum absolute atomic E-state index is 0.0521. The summed E-state index contributed by atoms with van der Waals surface area (Å²) in [5.41, 5.74) is 3.01. The Morgan fingerprint density at radius 2 is 1.65 bits per heavy atom. The predicted molar refractivity (Wildman–Crippen MR) is 152 cm³/mol. The molecule has 2 rings (SSSR count). The van der Waals surface area contributed by atoms with Gasteiger partial charge in [0.05, 0.1) is 11.9 Å². The van der Waals surface area contributed by atoms with Crippen LogP contribution in [0.25, 0.3) is 0 Å². The van der Waals surface area contributed by atoms with Gasteiger partial charge in [0.15, 0.2) is 0 Å². The fraction of sp³-hybridized carbons (Fsp3) is 0.481. The first-order valence-electron chi connectivity index (χ1n) is 12.5. The molecule has 0 radical (unpaired) electrons. The van der Waals surface area contributed by atoms with Crippen LogP contribution in [0.15, 0.2) is 36.4 Å². The highest BCUT2D eigenvalue weighted by Crippen LogP contribution is 2.28. The molecule has 0 aromatic heterocycles. The van der Waals surface area contributed by atoms with E-state index in [0.29, 0.717) is 34.3 Å². The normalized spacial score (nSPS) is 12.2. The first-order chi connectivity index (χ1) is 17.4. The summed E-state index contributed by atoms with van der Waals surface area (Å²) in [4.78, 5) is 28.0. The van der Waals surface area contributed by atoms with Crippen LogP contribution in [0, 0.1) is 13.8 Å². The van der Waals surface area contributed by atoms with E-state index < -0.39 is 16.1 Å². The third-order valence-corrected chi connectivity index (χ3v) is 8.21. The van der Waals surface area contributed by atoms with E-state index in [9.17, 15) is 18.0 Å². The van der Waals surface area contributed by atoms with Crippen molar-refractivity contribution in [2.24, 2.45) is 0 Å².